The molecule has 0 aromatic heterocycles. The number of amides is 2. The molecule has 1 fully saturated rings. The van der Waals surface area contributed by atoms with Gasteiger partial charge in [-0.25, -0.2) is 8.42 Å². The van der Waals surface area contributed by atoms with E-state index in [0.717, 1.165) is 11.1 Å². The summed E-state index contributed by atoms with van der Waals surface area (Å²) in [6.07, 6.45) is 0. The van der Waals surface area contributed by atoms with E-state index < -0.39 is 27.9 Å². The molecule has 1 atom stereocenters. The minimum atomic E-state index is -3.68. The molecule has 4 rings (SSSR count). The van der Waals surface area contributed by atoms with Gasteiger partial charge in [0.15, 0.2) is 0 Å². The van der Waals surface area contributed by atoms with Gasteiger partial charge in [0, 0.05) is 40.3 Å². The predicted molar refractivity (Wildman–Crippen MR) is 150 cm³/mol. The number of nitrogens with two attached hydrogens (primary N) is 1. The van der Waals surface area contributed by atoms with Crippen LogP contribution in [0.4, 0.5) is 5.69 Å². The highest BCUT2D eigenvalue weighted by molar-refractivity contribution is 7.92. The Hall–Kier alpha value is -3.11. The van der Waals surface area contributed by atoms with Crippen molar-refractivity contribution in [3.8, 4) is 0 Å². The van der Waals surface area contributed by atoms with E-state index in [0.29, 0.717) is 23.1 Å². The lowest BCUT2D eigenvalue weighted by Gasteiger charge is -2.44. The molecule has 0 spiro atoms. The molecule has 3 aromatic rings. The van der Waals surface area contributed by atoms with E-state index in [2.05, 4.69) is 14.9 Å². The Morgan fingerprint density at radius 2 is 1.53 bits per heavy atom. The van der Waals surface area contributed by atoms with Crippen molar-refractivity contribution in [3.05, 3.63) is 99.5 Å². The van der Waals surface area contributed by atoms with E-state index in [1.54, 1.807) is 12.1 Å². The summed E-state index contributed by atoms with van der Waals surface area (Å²) >= 11 is 12.2. The molecule has 2 amide bonds. The van der Waals surface area contributed by atoms with Crippen LogP contribution in [0, 0.1) is 5.92 Å². The Morgan fingerprint density at radius 1 is 0.974 bits per heavy atom. The van der Waals surface area contributed by atoms with E-state index in [-0.39, 0.29) is 29.0 Å². The van der Waals surface area contributed by atoms with Crippen LogP contribution in [-0.2, 0) is 14.8 Å². The van der Waals surface area contributed by atoms with Gasteiger partial charge in [-0.2, -0.15) is 0 Å². The van der Waals surface area contributed by atoms with Gasteiger partial charge in [-0.3, -0.25) is 19.2 Å². The first-order chi connectivity index (χ1) is 18.0. The number of anilines is 1. The molecule has 8 nitrogen and oxygen atoms in total. The van der Waals surface area contributed by atoms with Gasteiger partial charge < -0.3 is 11.1 Å². The SMILES string of the molecule is C[C@H](NC(=O)c1cccc(NS(=O)(=O)CC2CN(C(c3ccc(Cl)cc3)c3ccc(Cl)cc3)C2)c1)C(N)=O. The first-order valence-corrected chi connectivity index (χ1v) is 14.4. The van der Waals surface area contributed by atoms with Crippen molar-refractivity contribution in [2.45, 2.75) is 19.0 Å². The Labute approximate surface area is 232 Å². The molecule has 11 heteroatoms. The van der Waals surface area contributed by atoms with Crippen LogP contribution >= 0.6 is 23.2 Å². The highest BCUT2D eigenvalue weighted by atomic mass is 35.5. The van der Waals surface area contributed by atoms with Crippen LogP contribution in [0.25, 0.3) is 0 Å². The maximum absolute atomic E-state index is 12.9. The number of nitrogens with zero attached hydrogens (tertiary/aromatic N) is 1. The number of hydrogen-bond donors (Lipinski definition) is 3. The number of carbonyl (C=O) groups is 2. The lowest BCUT2D eigenvalue weighted by atomic mass is 9.91. The third-order valence-corrected chi connectivity index (χ3v) is 8.31. The average molecular weight is 576 g/mol. The fourth-order valence-corrected chi connectivity index (χ4v) is 6.09. The summed E-state index contributed by atoms with van der Waals surface area (Å²) < 4.78 is 28.4. The molecule has 0 saturated carbocycles. The van der Waals surface area contributed by atoms with Crippen LogP contribution in [0.5, 0.6) is 0 Å². The van der Waals surface area contributed by atoms with Crippen LogP contribution in [-0.4, -0.2) is 50.0 Å². The van der Waals surface area contributed by atoms with Gasteiger partial charge in [-0.05, 0) is 60.5 Å². The summed E-state index contributed by atoms with van der Waals surface area (Å²) in [5, 5.41) is 3.76. The summed E-state index contributed by atoms with van der Waals surface area (Å²) in [6.45, 7) is 2.65. The number of primary amides is 1. The fraction of sp³-hybridized carbons (Fsp3) is 0.259. The maximum atomic E-state index is 12.9. The molecule has 200 valence electrons. The molecule has 38 heavy (non-hydrogen) atoms. The van der Waals surface area contributed by atoms with Crippen LogP contribution in [0.1, 0.15) is 34.5 Å². The fourth-order valence-electron chi connectivity index (χ4n) is 4.44. The monoisotopic (exact) mass is 574 g/mol. The van der Waals surface area contributed by atoms with Crippen molar-refractivity contribution in [1.29, 1.82) is 0 Å². The Balaban J connectivity index is 1.40. The number of sulfonamides is 1. The number of hydrogen-bond acceptors (Lipinski definition) is 5. The van der Waals surface area contributed by atoms with Crippen LogP contribution in [0.15, 0.2) is 72.8 Å². The summed E-state index contributed by atoms with van der Waals surface area (Å²) in [5.41, 5.74) is 7.77. The van der Waals surface area contributed by atoms with Crippen molar-refractivity contribution in [3.63, 3.8) is 0 Å². The molecule has 1 aliphatic rings. The molecule has 0 radical (unpaired) electrons. The lowest BCUT2D eigenvalue weighted by Crippen LogP contribution is -2.51. The number of carbonyl (C=O) groups excluding carboxylic acids is 2. The zero-order chi connectivity index (χ0) is 27.4. The van der Waals surface area contributed by atoms with Gasteiger partial charge >= 0.3 is 0 Å². The van der Waals surface area contributed by atoms with Crippen molar-refractivity contribution in [1.82, 2.24) is 10.2 Å². The Morgan fingerprint density at radius 3 is 2.05 bits per heavy atom. The quantitative estimate of drug-likeness (QED) is 0.337. The normalized spacial score (nSPS) is 15.1. The van der Waals surface area contributed by atoms with Crippen LogP contribution in [0.2, 0.25) is 10.0 Å². The molecule has 0 bridgehead atoms. The largest absolute Gasteiger partial charge is 0.368 e. The van der Waals surface area contributed by atoms with Crippen molar-refractivity contribution in [2.75, 3.05) is 23.6 Å². The molecular formula is C27H28Cl2N4O4S. The smallest absolute Gasteiger partial charge is 0.251 e. The molecule has 1 saturated heterocycles. The van der Waals surface area contributed by atoms with E-state index in [1.807, 2.05) is 48.5 Å². The van der Waals surface area contributed by atoms with Gasteiger partial charge in [-0.15, -0.1) is 0 Å². The minimum absolute atomic E-state index is 0.0607. The van der Waals surface area contributed by atoms with E-state index in [1.165, 1.54) is 19.1 Å². The topological polar surface area (TPSA) is 122 Å². The van der Waals surface area contributed by atoms with Crippen LogP contribution < -0.4 is 15.8 Å². The zero-order valence-corrected chi connectivity index (χ0v) is 22.9. The van der Waals surface area contributed by atoms with E-state index in [4.69, 9.17) is 28.9 Å². The molecule has 4 N–H and O–H groups in total. The number of likely N-dealkylation sites (tertiary alicyclic amines) is 1. The molecule has 1 heterocycles. The summed E-state index contributed by atoms with van der Waals surface area (Å²) in [6, 6.07) is 20.4. The number of rotatable bonds is 10. The second kappa shape index (κ2) is 11.7. The predicted octanol–water partition coefficient (Wildman–Crippen LogP) is 4.06. The highest BCUT2D eigenvalue weighted by Gasteiger charge is 2.36. The first-order valence-electron chi connectivity index (χ1n) is 12.0. The van der Waals surface area contributed by atoms with Crippen molar-refractivity contribution < 1.29 is 18.0 Å². The Bertz CT molecular complexity index is 1360. The number of halogens is 2. The number of nitrogens with one attached hydrogen (secondary N) is 2. The summed E-state index contributed by atoms with van der Waals surface area (Å²) in [5.74, 6) is -1.33. The van der Waals surface area contributed by atoms with Gasteiger partial charge in [0.2, 0.25) is 15.9 Å². The molecular weight excluding hydrogens is 547 g/mol. The third kappa shape index (κ3) is 7.05. The highest BCUT2D eigenvalue weighted by Crippen LogP contribution is 2.35. The van der Waals surface area contributed by atoms with E-state index >= 15 is 0 Å². The van der Waals surface area contributed by atoms with Gasteiger partial charge in [-0.1, -0.05) is 53.5 Å². The van der Waals surface area contributed by atoms with E-state index in [9.17, 15) is 18.0 Å². The zero-order valence-electron chi connectivity index (χ0n) is 20.6. The summed E-state index contributed by atoms with van der Waals surface area (Å²) in [7, 11) is -3.68. The second-order valence-corrected chi connectivity index (χ2v) is 12.0. The van der Waals surface area contributed by atoms with Gasteiger partial charge in [0.1, 0.15) is 6.04 Å². The lowest BCUT2D eigenvalue weighted by molar-refractivity contribution is -0.119. The third-order valence-electron chi connectivity index (χ3n) is 6.35. The standard InChI is InChI=1S/C27H28Cl2N4O4S/c1-17(26(30)34)31-27(35)21-3-2-4-24(13-21)32-38(36,37)16-18-14-33(15-18)25(19-5-9-22(28)10-6-19)20-7-11-23(29)12-8-20/h2-13,17-18,25,32H,14-16H2,1H3,(H2,30,34)(H,31,35)/t17-/m0/s1. The minimum Gasteiger partial charge on any atom is -0.368 e. The first kappa shape index (κ1) is 27.9. The van der Waals surface area contributed by atoms with Crippen LogP contribution in [0.3, 0.4) is 0 Å². The molecule has 3 aromatic carbocycles. The molecule has 1 aliphatic heterocycles. The summed E-state index contributed by atoms with van der Waals surface area (Å²) in [4.78, 5) is 25.8. The van der Waals surface area contributed by atoms with Gasteiger partial charge in [0.05, 0.1) is 11.8 Å². The maximum Gasteiger partial charge on any atom is 0.251 e. The molecule has 0 aliphatic carbocycles. The molecule has 0 unspecified atom stereocenters. The van der Waals surface area contributed by atoms with Crippen molar-refractivity contribution >= 4 is 50.7 Å². The second-order valence-electron chi connectivity index (χ2n) is 9.39. The average Bonchev–Trinajstić information content (AvgIpc) is 2.84. The number of benzene rings is 3. The van der Waals surface area contributed by atoms with Crippen molar-refractivity contribution in [2.24, 2.45) is 11.7 Å². The van der Waals surface area contributed by atoms with Gasteiger partial charge in [0.25, 0.3) is 5.91 Å². The Kier molecular flexibility index (Phi) is 8.62.